The van der Waals surface area contributed by atoms with Gasteiger partial charge in [-0.25, -0.2) is 0 Å². The van der Waals surface area contributed by atoms with Gasteiger partial charge in [0, 0.05) is 38.0 Å². The van der Waals surface area contributed by atoms with Crippen molar-refractivity contribution in [2.45, 2.75) is 38.8 Å². The first-order valence-corrected chi connectivity index (χ1v) is 11.2. The van der Waals surface area contributed by atoms with Gasteiger partial charge in [0.15, 0.2) is 0 Å². The molecule has 1 N–H and O–H groups in total. The lowest BCUT2D eigenvalue weighted by atomic mass is 10.1. The number of rotatable bonds is 9. The largest absolute Gasteiger partial charge is 0.365 e. The van der Waals surface area contributed by atoms with Crippen molar-refractivity contribution in [2.24, 2.45) is 0 Å². The molecule has 0 radical (unpaired) electrons. The molecule has 1 unspecified atom stereocenters. The molecule has 4 rings (SSSR count). The van der Waals surface area contributed by atoms with E-state index in [0.29, 0.717) is 50.6 Å². The van der Waals surface area contributed by atoms with Crippen molar-refractivity contribution in [3.8, 4) is 11.4 Å². The van der Waals surface area contributed by atoms with E-state index in [2.05, 4.69) is 15.5 Å². The molecular weight excluding hydrogens is 420 g/mol. The minimum atomic E-state index is -0.219. The number of hydrogen-bond donors (Lipinski definition) is 1. The molecule has 172 valence electrons. The van der Waals surface area contributed by atoms with E-state index in [9.17, 15) is 9.59 Å². The average Bonchev–Trinajstić information content (AvgIpc) is 3.29. The highest BCUT2D eigenvalue weighted by atomic mass is 16.5. The lowest BCUT2D eigenvalue weighted by Crippen LogP contribution is -2.50. The van der Waals surface area contributed by atoms with Crippen LogP contribution in [0, 0.1) is 6.92 Å². The van der Waals surface area contributed by atoms with Crippen LogP contribution in [0.3, 0.4) is 0 Å². The Morgan fingerprint density at radius 3 is 2.73 bits per heavy atom. The van der Waals surface area contributed by atoms with Crippen molar-refractivity contribution in [1.82, 2.24) is 20.4 Å². The second-order valence-electron chi connectivity index (χ2n) is 8.23. The third-order valence-corrected chi connectivity index (χ3v) is 5.53. The Hall–Kier alpha value is -3.52. The molecule has 0 spiro atoms. The molecule has 1 aliphatic rings. The van der Waals surface area contributed by atoms with Gasteiger partial charge in [0.2, 0.25) is 23.5 Å². The Morgan fingerprint density at radius 2 is 1.94 bits per heavy atom. The molecule has 1 aromatic heterocycles. The lowest BCUT2D eigenvalue weighted by molar-refractivity contribution is -0.149. The minimum absolute atomic E-state index is 0.0356. The molecule has 2 amide bonds. The van der Waals surface area contributed by atoms with E-state index in [1.807, 2.05) is 61.5 Å². The fourth-order valence-corrected chi connectivity index (χ4v) is 3.65. The Kier molecular flexibility index (Phi) is 7.47. The van der Waals surface area contributed by atoms with Crippen molar-refractivity contribution in [3.05, 3.63) is 71.6 Å². The second-order valence-corrected chi connectivity index (χ2v) is 8.23. The van der Waals surface area contributed by atoms with Crippen LogP contribution in [0.5, 0.6) is 0 Å². The van der Waals surface area contributed by atoms with Crippen LogP contribution in [0.2, 0.25) is 0 Å². The summed E-state index contributed by atoms with van der Waals surface area (Å²) in [5.74, 6) is 0.969. The summed E-state index contributed by atoms with van der Waals surface area (Å²) in [5, 5.41) is 6.92. The molecule has 2 heterocycles. The van der Waals surface area contributed by atoms with E-state index in [0.717, 1.165) is 11.1 Å². The highest BCUT2D eigenvalue weighted by Crippen LogP contribution is 2.17. The van der Waals surface area contributed by atoms with Crippen molar-refractivity contribution >= 4 is 11.8 Å². The molecule has 1 saturated heterocycles. The first kappa shape index (κ1) is 22.7. The summed E-state index contributed by atoms with van der Waals surface area (Å²) in [6.07, 6.45) is 1.27. The van der Waals surface area contributed by atoms with Gasteiger partial charge in [-0.15, -0.1) is 0 Å². The van der Waals surface area contributed by atoms with Gasteiger partial charge in [0.1, 0.15) is 6.61 Å². The van der Waals surface area contributed by atoms with Crippen LogP contribution in [0.4, 0.5) is 0 Å². The van der Waals surface area contributed by atoms with E-state index >= 15 is 0 Å². The zero-order chi connectivity index (χ0) is 23.0. The Bertz CT molecular complexity index is 1070. The second kappa shape index (κ2) is 10.9. The number of aromatic nitrogens is 2. The standard InChI is InChI=1S/C25H28N4O4/c1-18-10-12-20(13-11-18)25-27-23(33-28-25)9-5-8-22(30)26-14-21-16-29(24(31)17-32-21)15-19-6-3-2-4-7-19/h2-4,6-7,10-13,21H,5,8-9,14-17H2,1H3,(H,26,30). The van der Waals surface area contributed by atoms with Crippen LogP contribution in [0.25, 0.3) is 11.4 Å². The van der Waals surface area contributed by atoms with Crippen LogP contribution in [-0.2, 0) is 27.3 Å². The number of morpholine rings is 1. The summed E-state index contributed by atoms with van der Waals surface area (Å²) in [6.45, 7) is 3.43. The van der Waals surface area contributed by atoms with E-state index < -0.39 is 0 Å². The molecule has 1 fully saturated rings. The van der Waals surface area contributed by atoms with Gasteiger partial charge >= 0.3 is 0 Å². The Morgan fingerprint density at radius 1 is 1.15 bits per heavy atom. The van der Waals surface area contributed by atoms with Crippen molar-refractivity contribution < 1.29 is 18.8 Å². The van der Waals surface area contributed by atoms with E-state index in [1.54, 1.807) is 4.90 Å². The first-order chi connectivity index (χ1) is 16.1. The summed E-state index contributed by atoms with van der Waals surface area (Å²) in [6, 6.07) is 17.8. The maximum Gasteiger partial charge on any atom is 0.248 e. The third-order valence-electron chi connectivity index (χ3n) is 5.53. The Labute approximate surface area is 192 Å². The van der Waals surface area contributed by atoms with Gasteiger partial charge in [-0.2, -0.15) is 4.98 Å². The number of carbonyl (C=O) groups is 2. The summed E-state index contributed by atoms with van der Waals surface area (Å²) in [4.78, 5) is 30.6. The predicted molar refractivity (Wildman–Crippen MR) is 122 cm³/mol. The van der Waals surface area contributed by atoms with E-state index in [4.69, 9.17) is 9.26 Å². The van der Waals surface area contributed by atoms with Gasteiger partial charge in [-0.3, -0.25) is 9.59 Å². The van der Waals surface area contributed by atoms with Crippen LogP contribution in [-0.4, -0.2) is 52.7 Å². The van der Waals surface area contributed by atoms with Crippen molar-refractivity contribution in [3.63, 3.8) is 0 Å². The summed E-state index contributed by atoms with van der Waals surface area (Å²) < 4.78 is 10.9. The topological polar surface area (TPSA) is 97.6 Å². The molecular formula is C25H28N4O4. The number of amides is 2. The molecule has 0 bridgehead atoms. The quantitative estimate of drug-likeness (QED) is 0.541. The zero-order valence-electron chi connectivity index (χ0n) is 18.7. The maximum absolute atomic E-state index is 12.3. The zero-order valence-corrected chi connectivity index (χ0v) is 18.7. The number of nitrogens with zero attached hydrogens (tertiary/aromatic N) is 3. The normalized spacial score (nSPS) is 16.1. The predicted octanol–water partition coefficient (Wildman–Crippen LogP) is 2.91. The summed E-state index contributed by atoms with van der Waals surface area (Å²) in [5.41, 5.74) is 3.14. The van der Waals surface area contributed by atoms with Crippen LogP contribution >= 0.6 is 0 Å². The lowest BCUT2D eigenvalue weighted by Gasteiger charge is -2.33. The number of carbonyl (C=O) groups excluding carboxylic acids is 2. The first-order valence-electron chi connectivity index (χ1n) is 11.2. The number of benzene rings is 2. The fraction of sp³-hybridized carbons (Fsp3) is 0.360. The molecule has 0 aliphatic carbocycles. The highest BCUT2D eigenvalue weighted by Gasteiger charge is 2.26. The van der Waals surface area contributed by atoms with Gasteiger partial charge in [-0.05, 0) is 18.9 Å². The summed E-state index contributed by atoms with van der Waals surface area (Å²) >= 11 is 0. The molecule has 1 atom stereocenters. The maximum atomic E-state index is 12.3. The number of aryl methyl sites for hydroxylation is 2. The fourth-order valence-electron chi connectivity index (χ4n) is 3.65. The number of nitrogens with one attached hydrogen (secondary N) is 1. The molecule has 3 aromatic rings. The molecule has 0 saturated carbocycles. The van der Waals surface area contributed by atoms with Crippen molar-refractivity contribution in [2.75, 3.05) is 19.7 Å². The Balaban J connectivity index is 1.17. The monoisotopic (exact) mass is 448 g/mol. The SMILES string of the molecule is Cc1ccc(-c2noc(CCCC(=O)NCC3CN(Cc4ccccc4)C(=O)CO3)n2)cc1. The van der Waals surface area contributed by atoms with Crippen LogP contribution in [0.1, 0.15) is 29.9 Å². The minimum Gasteiger partial charge on any atom is -0.365 e. The molecule has 33 heavy (non-hydrogen) atoms. The van der Waals surface area contributed by atoms with E-state index in [-0.39, 0.29) is 24.5 Å². The summed E-state index contributed by atoms with van der Waals surface area (Å²) in [7, 11) is 0. The smallest absolute Gasteiger partial charge is 0.248 e. The van der Waals surface area contributed by atoms with Crippen molar-refractivity contribution in [1.29, 1.82) is 0 Å². The van der Waals surface area contributed by atoms with Crippen LogP contribution < -0.4 is 5.32 Å². The van der Waals surface area contributed by atoms with Gasteiger partial charge in [-0.1, -0.05) is 65.3 Å². The van der Waals surface area contributed by atoms with Gasteiger partial charge < -0.3 is 19.5 Å². The highest BCUT2D eigenvalue weighted by molar-refractivity contribution is 5.78. The van der Waals surface area contributed by atoms with Crippen LogP contribution in [0.15, 0.2) is 59.1 Å². The molecule has 8 nitrogen and oxygen atoms in total. The number of hydrogen-bond acceptors (Lipinski definition) is 6. The van der Waals surface area contributed by atoms with E-state index in [1.165, 1.54) is 5.56 Å². The third kappa shape index (κ3) is 6.49. The molecule has 2 aromatic carbocycles. The molecule has 8 heteroatoms. The molecule has 1 aliphatic heterocycles. The number of ether oxygens (including phenoxy) is 1. The van der Waals surface area contributed by atoms with Gasteiger partial charge in [0.25, 0.3) is 0 Å². The van der Waals surface area contributed by atoms with Gasteiger partial charge in [0.05, 0.1) is 6.10 Å². The average molecular weight is 449 g/mol.